The number of ether oxygens (including phenoxy) is 1. The summed E-state index contributed by atoms with van der Waals surface area (Å²) in [6.45, 7) is 5.09. The summed E-state index contributed by atoms with van der Waals surface area (Å²) >= 11 is 0. The van der Waals surface area contributed by atoms with Crippen LogP contribution in [-0.2, 0) is 12.8 Å². The summed E-state index contributed by atoms with van der Waals surface area (Å²) < 4.78 is 11.4. The minimum Gasteiger partial charge on any atom is -0.458 e. The second-order valence-corrected chi connectivity index (χ2v) is 7.21. The van der Waals surface area contributed by atoms with Crippen molar-refractivity contribution in [1.82, 2.24) is 20.0 Å². The second kappa shape index (κ2) is 7.05. The normalized spacial score (nSPS) is 19.9. The summed E-state index contributed by atoms with van der Waals surface area (Å²) in [6.07, 6.45) is 5.63. The van der Waals surface area contributed by atoms with E-state index in [-0.39, 0.29) is 12.0 Å². The van der Waals surface area contributed by atoms with E-state index >= 15 is 0 Å². The molecule has 7 nitrogen and oxygen atoms in total. The summed E-state index contributed by atoms with van der Waals surface area (Å²) in [4.78, 5) is 23.5. The lowest BCUT2D eigenvalue weighted by Gasteiger charge is -2.32. The molecule has 2 aromatic heterocycles. The summed E-state index contributed by atoms with van der Waals surface area (Å²) in [5.74, 6) is 0.833. The Hall–Kier alpha value is -2.44. The van der Waals surface area contributed by atoms with E-state index < -0.39 is 0 Å². The largest absolute Gasteiger partial charge is 0.458 e. The van der Waals surface area contributed by atoms with Crippen molar-refractivity contribution in [2.75, 3.05) is 13.1 Å². The molecule has 0 unspecified atom stereocenters. The van der Waals surface area contributed by atoms with Crippen LogP contribution < -0.4 is 4.74 Å². The number of fused-ring (bicyclic) bond motifs is 1. The van der Waals surface area contributed by atoms with Crippen LogP contribution in [0.2, 0.25) is 0 Å². The number of carbonyl (C=O) groups excluding carboxylic acids is 1. The highest BCUT2D eigenvalue weighted by molar-refractivity contribution is 5.94. The van der Waals surface area contributed by atoms with Crippen LogP contribution in [0.25, 0.3) is 0 Å². The Kier molecular flexibility index (Phi) is 4.61. The number of hydrogen-bond acceptors (Lipinski definition) is 6. The fraction of sp³-hybridized carbons (Fsp3) is 0.579. The molecule has 0 bridgehead atoms. The van der Waals surface area contributed by atoms with E-state index in [1.54, 1.807) is 0 Å². The minimum absolute atomic E-state index is 0.0495. The number of amides is 1. The summed E-state index contributed by atoms with van der Waals surface area (Å²) in [6, 6.07) is 2.30. The van der Waals surface area contributed by atoms with Crippen molar-refractivity contribution >= 4 is 5.91 Å². The third kappa shape index (κ3) is 3.43. The zero-order valence-corrected chi connectivity index (χ0v) is 15.3. The van der Waals surface area contributed by atoms with Gasteiger partial charge in [-0.1, -0.05) is 5.16 Å². The quantitative estimate of drug-likeness (QED) is 0.841. The molecule has 0 saturated carbocycles. The lowest BCUT2D eigenvalue weighted by molar-refractivity contribution is 0.0505. The molecule has 3 heterocycles. The van der Waals surface area contributed by atoms with Gasteiger partial charge in [0.05, 0.1) is 6.54 Å². The van der Waals surface area contributed by atoms with Crippen molar-refractivity contribution in [2.45, 2.75) is 58.5 Å². The van der Waals surface area contributed by atoms with Gasteiger partial charge in [-0.3, -0.25) is 4.79 Å². The molecule has 1 saturated heterocycles. The smallest absolute Gasteiger partial charge is 0.317 e. The van der Waals surface area contributed by atoms with Crippen molar-refractivity contribution in [3.8, 4) is 6.01 Å². The van der Waals surface area contributed by atoms with Crippen molar-refractivity contribution in [1.29, 1.82) is 0 Å². The number of nitrogens with zero attached hydrogens (tertiary/aromatic N) is 4. The van der Waals surface area contributed by atoms with Crippen molar-refractivity contribution in [3.05, 3.63) is 34.5 Å². The van der Waals surface area contributed by atoms with Gasteiger partial charge in [0, 0.05) is 29.9 Å². The molecule has 1 amide bonds. The zero-order chi connectivity index (χ0) is 18.1. The Labute approximate surface area is 152 Å². The molecule has 7 heteroatoms. The first-order valence-corrected chi connectivity index (χ1v) is 9.36. The molecule has 1 aliphatic carbocycles. The van der Waals surface area contributed by atoms with E-state index in [2.05, 4.69) is 15.1 Å². The van der Waals surface area contributed by atoms with Crippen LogP contribution >= 0.6 is 0 Å². The molecule has 2 aliphatic rings. The molecule has 26 heavy (non-hydrogen) atoms. The van der Waals surface area contributed by atoms with Gasteiger partial charge in [0.2, 0.25) is 0 Å². The third-order valence-electron chi connectivity index (χ3n) is 5.05. The van der Waals surface area contributed by atoms with Gasteiger partial charge in [0.15, 0.2) is 5.69 Å². The highest BCUT2D eigenvalue weighted by atomic mass is 16.5. The van der Waals surface area contributed by atoms with Gasteiger partial charge >= 0.3 is 6.01 Å². The molecule has 0 radical (unpaired) electrons. The summed E-state index contributed by atoms with van der Waals surface area (Å²) in [7, 11) is 0. The molecule has 0 aromatic carbocycles. The monoisotopic (exact) mass is 356 g/mol. The number of carbonyl (C=O) groups is 1. The van der Waals surface area contributed by atoms with Crippen LogP contribution in [0.5, 0.6) is 6.01 Å². The van der Waals surface area contributed by atoms with Crippen molar-refractivity contribution in [3.63, 3.8) is 0 Å². The summed E-state index contributed by atoms with van der Waals surface area (Å²) in [5, 5.41) is 4.07. The Morgan fingerprint density at radius 2 is 1.96 bits per heavy atom. The summed E-state index contributed by atoms with van der Waals surface area (Å²) in [5.41, 5.74) is 3.25. The standard InChI is InChI=1S/C19H24N4O3/c1-12-10-13(2)21-19(20-12)25-14-6-5-9-23(11-14)18(24)17-15-7-3-4-8-16(15)26-22-17/h10,14H,3-9,11H2,1-2H3/t14-/m0/s1. The zero-order valence-electron chi connectivity index (χ0n) is 15.3. The topological polar surface area (TPSA) is 81.4 Å². The number of aryl methyl sites for hydroxylation is 3. The molecular weight excluding hydrogens is 332 g/mol. The van der Waals surface area contributed by atoms with Crippen LogP contribution in [0.1, 0.15) is 58.9 Å². The predicted octanol–water partition coefficient (Wildman–Crippen LogP) is 2.64. The molecular formula is C19H24N4O3. The van der Waals surface area contributed by atoms with Gasteiger partial charge in [-0.2, -0.15) is 0 Å². The number of likely N-dealkylation sites (tertiary alicyclic amines) is 1. The van der Waals surface area contributed by atoms with Gasteiger partial charge in [-0.15, -0.1) is 0 Å². The van der Waals surface area contributed by atoms with E-state index in [1.165, 1.54) is 0 Å². The first kappa shape index (κ1) is 17.0. The van der Waals surface area contributed by atoms with E-state index in [9.17, 15) is 4.79 Å². The van der Waals surface area contributed by atoms with E-state index in [4.69, 9.17) is 9.26 Å². The minimum atomic E-state index is -0.100. The number of hydrogen-bond donors (Lipinski definition) is 0. The Balaban J connectivity index is 1.46. The maximum absolute atomic E-state index is 13.0. The van der Waals surface area contributed by atoms with Crippen molar-refractivity contribution in [2.24, 2.45) is 0 Å². The molecule has 138 valence electrons. The highest BCUT2D eigenvalue weighted by Gasteiger charge is 2.31. The van der Waals surface area contributed by atoms with Gasteiger partial charge in [-0.25, -0.2) is 9.97 Å². The Bertz CT molecular complexity index is 797. The molecule has 1 atom stereocenters. The van der Waals surface area contributed by atoms with Crippen LogP contribution in [0.3, 0.4) is 0 Å². The van der Waals surface area contributed by atoms with Crippen LogP contribution in [0, 0.1) is 13.8 Å². The van der Waals surface area contributed by atoms with Gasteiger partial charge in [0.1, 0.15) is 11.9 Å². The number of piperidine rings is 1. The third-order valence-corrected chi connectivity index (χ3v) is 5.05. The van der Waals surface area contributed by atoms with Crippen LogP contribution in [0.15, 0.2) is 10.6 Å². The highest BCUT2D eigenvalue weighted by Crippen LogP contribution is 2.26. The fourth-order valence-corrected chi connectivity index (χ4v) is 3.82. The Morgan fingerprint density at radius 1 is 1.19 bits per heavy atom. The number of aromatic nitrogens is 3. The van der Waals surface area contributed by atoms with Gasteiger partial charge in [0.25, 0.3) is 5.91 Å². The first-order valence-electron chi connectivity index (χ1n) is 9.36. The SMILES string of the molecule is Cc1cc(C)nc(O[C@H]2CCCN(C(=O)c3noc4c3CCCC4)C2)n1. The average Bonchev–Trinajstić information content (AvgIpc) is 3.04. The van der Waals surface area contributed by atoms with E-state index in [1.807, 2.05) is 24.8 Å². The van der Waals surface area contributed by atoms with Crippen LogP contribution in [0.4, 0.5) is 0 Å². The van der Waals surface area contributed by atoms with Gasteiger partial charge in [-0.05, 0) is 52.0 Å². The first-order chi connectivity index (χ1) is 12.6. The lowest BCUT2D eigenvalue weighted by Crippen LogP contribution is -2.45. The fourth-order valence-electron chi connectivity index (χ4n) is 3.82. The molecule has 0 spiro atoms. The van der Waals surface area contributed by atoms with E-state index in [0.29, 0.717) is 24.8 Å². The van der Waals surface area contributed by atoms with Gasteiger partial charge < -0.3 is 14.2 Å². The van der Waals surface area contributed by atoms with Crippen molar-refractivity contribution < 1.29 is 14.1 Å². The molecule has 2 aromatic rings. The van der Waals surface area contributed by atoms with Crippen LogP contribution in [-0.4, -0.2) is 45.1 Å². The molecule has 0 N–H and O–H groups in total. The molecule has 4 rings (SSSR count). The molecule has 1 fully saturated rings. The molecule has 1 aliphatic heterocycles. The lowest BCUT2D eigenvalue weighted by atomic mass is 9.96. The second-order valence-electron chi connectivity index (χ2n) is 7.21. The number of rotatable bonds is 3. The Morgan fingerprint density at radius 3 is 2.77 bits per heavy atom. The maximum Gasteiger partial charge on any atom is 0.317 e. The average molecular weight is 356 g/mol. The maximum atomic E-state index is 13.0. The van der Waals surface area contributed by atoms with E-state index in [0.717, 1.165) is 61.2 Å². The predicted molar refractivity (Wildman–Crippen MR) is 94.2 cm³/mol.